The van der Waals surface area contributed by atoms with Crippen molar-refractivity contribution in [1.82, 2.24) is 24.6 Å². The summed E-state index contributed by atoms with van der Waals surface area (Å²) in [5.74, 6) is 0.830. The van der Waals surface area contributed by atoms with Crippen LogP contribution >= 0.6 is 11.6 Å². The lowest BCUT2D eigenvalue weighted by atomic mass is 10.0. The number of nitrogens with zero attached hydrogens (tertiary/aromatic N) is 5. The first-order valence-corrected chi connectivity index (χ1v) is 8.78. The van der Waals surface area contributed by atoms with Gasteiger partial charge in [0.25, 0.3) is 5.91 Å². The van der Waals surface area contributed by atoms with Crippen LogP contribution in [0, 0.1) is 5.92 Å². The molecule has 3 heterocycles. The van der Waals surface area contributed by atoms with Crippen LogP contribution in [0.3, 0.4) is 0 Å². The number of amides is 1. The monoisotopic (exact) mass is 373 g/mol. The van der Waals surface area contributed by atoms with Crippen molar-refractivity contribution in [2.45, 2.75) is 19.3 Å². The smallest absolute Gasteiger partial charge is 0.274 e. The molecule has 1 saturated heterocycles. The fourth-order valence-corrected chi connectivity index (χ4v) is 3.17. The molecule has 1 aliphatic rings. The van der Waals surface area contributed by atoms with E-state index in [1.165, 1.54) is 6.08 Å². The molecule has 3 rings (SSSR count). The molecule has 0 aliphatic carbocycles. The Kier molecular flexibility index (Phi) is 5.46. The predicted octanol–water partition coefficient (Wildman–Crippen LogP) is 1.87. The van der Waals surface area contributed by atoms with Crippen molar-refractivity contribution in [3.8, 4) is 0 Å². The van der Waals surface area contributed by atoms with Crippen molar-refractivity contribution >= 4 is 23.3 Å². The fourth-order valence-electron chi connectivity index (χ4n) is 3.07. The van der Waals surface area contributed by atoms with Gasteiger partial charge in [0.05, 0.1) is 11.4 Å². The molecule has 1 amide bonds. The molecule has 0 aromatic carbocycles. The van der Waals surface area contributed by atoms with Gasteiger partial charge in [-0.2, -0.15) is 5.10 Å². The molecule has 0 bridgehead atoms. The number of allylic oxidation sites excluding steroid dienone is 1. The number of rotatable bonds is 6. The molecule has 0 unspecified atom stereocenters. The summed E-state index contributed by atoms with van der Waals surface area (Å²) in [7, 11) is 1.73. The van der Waals surface area contributed by atoms with Crippen LogP contribution in [-0.2, 0) is 24.7 Å². The Morgan fingerprint density at radius 3 is 2.81 bits per heavy atom. The van der Waals surface area contributed by atoms with E-state index < -0.39 is 0 Å². The first-order chi connectivity index (χ1) is 12.5. The summed E-state index contributed by atoms with van der Waals surface area (Å²) in [4.78, 5) is 34.5. The maximum absolute atomic E-state index is 12.7. The van der Waals surface area contributed by atoms with Gasteiger partial charge in [-0.3, -0.25) is 14.3 Å². The molecule has 1 fully saturated rings. The van der Waals surface area contributed by atoms with Crippen LogP contribution in [0.25, 0.3) is 0 Å². The molecule has 0 radical (unpaired) electrons. The number of likely N-dealkylation sites (tertiary alicyclic amines) is 1. The highest BCUT2D eigenvalue weighted by Crippen LogP contribution is 2.21. The summed E-state index contributed by atoms with van der Waals surface area (Å²) in [6.07, 6.45) is 6.24. The van der Waals surface area contributed by atoms with Gasteiger partial charge in [0.15, 0.2) is 11.5 Å². The van der Waals surface area contributed by atoms with Crippen molar-refractivity contribution in [1.29, 1.82) is 0 Å². The molecular weight excluding hydrogens is 354 g/mol. The summed E-state index contributed by atoms with van der Waals surface area (Å²) in [5, 5.41) is 4.77. The van der Waals surface area contributed by atoms with Crippen molar-refractivity contribution in [3.05, 3.63) is 53.3 Å². The average molecular weight is 374 g/mol. The number of aromatic nitrogens is 4. The molecular formula is C18H20ClN5O2. The van der Waals surface area contributed by atoms with Gasteiger partial charge in [-0.25, -0.2) is 9.97 Å². The Labute approximate surface area is 156 Å². The summed E-state index contributed by atoms with van der Waals surface area (Å²) >= 11 is 5.80. The van der Waals surface area contributed by atoms with Crippen LogP contribution in [0.4, 0.5) is 0 Å². The molecule has 26 heavy (non-hydrogen) atoms. The highest BCUT2D eigenvalue weighted by atomic mass is 35.5. The van der Waals surface area contributed by atoms with Gasteiger partial charge in [0.1, 0.15) is 5.82 Å². The summed E-state index contributed by atoms with van der Waals surface area (Å²) in [5.41, 5.74) is 1.06. The van der Waals surface area contributed by atoms with Crippen molar-refractivity contribution in [2.24, 2.45) is 13.0 Å². The van der Waals surface area contributed by atoms with Gasteiger partial charge in [0, 0.05) is 44.6 Å². The minimum Gasteiger partial charge on any atom is -0.337 e. The second-order valence-electron chi connectivity index (χ2n) is 6.42. The van der Waals surface area contributed by atoms with Crippen LogP contribution in [-0.4, -0.2) is 49.4 Å². The van der Waals surface area contributed by atoms with Crippen molar-refractivity contribution < 1.29 is 9.59 Å². The second-order valence-corrected chi connectivity index (χ2v) is 6.86. The Balaban J connectivity index is 1.62. The van der Waals surface area contributed by atoms with Crippen molar-refractivity contribution in [2.75, 3.05) is 13.1 Å². The van der Waals surface area contributed by atoms with Gasteiger partial charge in [-0.1, -0.05) is 18.2 Å². The van der Waals surface area contributed by atoms with Crippen molar-refractivity contribution in [3.63, 3.8) is 0 Å². The molecule has 0 N–H and O–H groups in total. The number of carbonyl (C=O) groups is 2. The highest BCUT2D eigenvalue weighted by Gasteiger charge is 2.29. The quantitative estimate of drug-likeness (QED) is 0.722. The first kappa shape index (κ1) is 18.3. The number of hydrogen-bond acceptors (Lipinski definition) is 5. The van der Waals surface area contributed by atoms with E-state index in [0.717, 1.165) is 12.2 Å². The summed E-state index contributed by atoms with van der Waals surface area (Å²) in [6.45, 7) is 4.78. The molecule has 2 aromatic rings. The van der Waals surface area contributed by atoms with E-state index in [-0.39, 0.29) is 18.1 Å². The minimum absolute atomic E-state index is 0.101. The number of carbonyl (C=O) groups excluding carboxylic acids is 2. The van der Waals surface area contributed by atoms with E-state index in [9.17, 15) is 9.59 Å². The van der Waals surface area contributed by atoms with E-state index in [4.69, 9.17) is 11.6 Å². The Morgan fingerprint density at radius 2 is 2.12 bits per heavy atom. The predicted molar refractivity (Wildman–Crippen MR) is 96.9 cm³/mol. The standard InChI is InChI=1S/C18H20ClN5O2/c1-3-15(25)7-14-8-16(22-23(14)2)18(26)24-5-4-12(11-24)6-17-20-9-13(19)10-21-17/h3,8-10,12H,1,4-7,11H2,2H3/t12-/m0/s1. The zero-order valence-corrected chi connectivity index (χ0v) is 15.3. The molecule has 7 nitrogen and oxygen atoms in total. The molecule has 0 spiro atoms. The number of halogens is 1. The van der Waals surface area contributed by atoms with E-state index in [1.54, 1.807) is 35.1 Å². The Hall–Kier alpha value is -2.54. The van der Waals surface area contributed by atoms with E-state index in [1.807, 2.05) is 0 Å². The zero-order chi connectivity index (χ0) is 18.7. The average Bonchev–Trinajstić information content (AvgIpc) is 3.23. The van der Waals surface area contributed by atoms with E-state index in [2.05, 4.69) is 21.6 Å². The number of aryl methyl sites for hydroxylation is 1. The van der Waals surface area contributed by atoms with Gasteiger partial charge in [-0.15, -0.1) is 0 Å². The molecule has 0 saturated carbocycles. The van der Waals surface area contributed by atoms with Gasteiger partial charge >= 0.3 is 0 Å². The molecule has 2 aromatic heterocycles. The molecule has 136 valence electrons. The van der Waals surface area contributed by atoms with Crippen LogP contribution < -0.4 is 0 Å². The van der Waals surface area contributed by atoms with Crippen LogP contribution in [0.1, 0.15) is 28.4 Å². The third-order valence-corrected chi connectivity index (χ3v) is 4.69. The van der Waals surface area contributed by atoms with Crippen LogP contribution in [0.15, 0.2) is 31.1 Å². The number of hydrogen-bond donors (Lipinski definition) is 0. The third-order valence-electron chi connectivity index (χ3n) is 4.50. The molecule has 1 aliphatic heterocycles. The van der Waals surface area contributed by atoms with Crippen LogP contribution in [0.5, 0.6) is 0 Å². The SMILES string of the molecule is C=CC(=O)Cc1cc(C(=O)N2CC[C@@H](Cc3ncc(Cl)cn3)C2)nn1C. The first-order valence-electron chi connectivity index (χ1n) is 8.40. The van der Waals surface area contributed by atoms with Gasteiger partial charge in [-0.05, 0) is 24.5 Å². The largest absolute Gasteiger partial charge is 0.337 e. The maximum Gasteiger partial charge on any atom is 0.274 e. The maximum atomic E-state index is 12.7. The van der Waals surface area contributed by atoms with Gasteiger partial charge in [0.2, 0.25) is 0 Å². The van der Waals surface area contributed by atoms with Gasteiger partial charge < -0.3 is 4.90 Å². The third kappa shape index (κ3) is 4.16. The molecule has 1 atom stereocenters. The minimum atomic E-state index is -0.113. The summed E-state index contributed by atoms with van der Waals surface area (Å²) < 4.78 is 1.57. The Morgan fingerprint density at radius 1 is 1.38 bits per heavy atom. The second kappa shape index (κ2) is 7.78. The lowest BCUT2D eigenvalue weighted by Crippen LogP contribution is -2.29. The summed E-state index contributed by atoms with van der Waals surface area (Å²) in [6, 6.07) is 1.68. The normalized spacial score (nSPS) is 16.7. The van der Waals surface area contributed by atoms with E-state index in [0.29, 0.717) is 41.8 Å². The van der Waals surface area contributed by atoms with Crippen LogP contribution in [0.2, 0.25) is 5.02 Å². The lowest BCUT2D eigenvalue weighted by Gasteiger charge is -2.14. The zero-order valence-electron chi connectivity index (χ0n) is 14.6. The van der Waals surface area contributed by atoms with E-state index >= 15 is 0 Å². The lowest BCUT2D eigenvalue weighted by molar-refractivity contribution is -0.114. The fraction of sp³-hybridized carbons (Fsp3) is 0.389. The molecule has 8 heteroatoms. The topological polar surface area (TPSA) is 81.0 Å². The Bertz CT molecular complexity index is 831. The number of ketones is 1. The highest BCUT2D eigenvalue weighted by molar-refractivity contribution is 6.30.